The Morgan fingerprint density at radius 2 is 2.00 bits per heavy atom. The molecule has 2 aliphatic heterocycles. The van der Waals surface area contributed by atoms with E-state index in [4.69, 9.17) is 4.74 Å². The van der Waals surface area contributed by atoms with Gasteiger partial charge in [0.2, 0.25) is 5.91 Å². The number of ether oxygens (including phenoxy) is 1. The summed E-state index contributed by atoms with van der Waals surface area (Å²) in [5.41, 5.74) is 2.56. The van der Waals surface area contributed by atoms with E-state index in [-0.39, 0.29) is 5.91 Å². The van der Waals surface area contributed by atoms with Gasteiger partial charge in [0, 0.05) is 38.4 Å². The molecule has 1 N–H and O–H groups in total. The molecule has 1 aromatic carbocycles. The number of amides is 1. The SMILES string of the molecule is O=C(CN1CCc2ccccc21)NCCN1CCOCC1. The van der Waals surface area contributed by atoms with Crippen LogP contribution in [0.5, 0.6) is 0 Å². The van der Waals surface area contributed by atoms with Crippen molar-refractivity contribution in [2.75, 3.05) is 57.4 Å². The van der Waals surface area contributed by atoms with Crippen LogP contribution in [0.25, 0.3) is 0 Å². The lowest BCUT2D eigenvalue weighted by atomic mass is 10.2. The van der Waals surface area contributed by atoms with Crippen LogP contribution in [0.3, 0.4) is 0 Å². The van der Waals surface area contributed by atoms with Gasteiger partial charge in [-0.1, -0.05) is 18.2 Å². The highest BCUT2D eigenvalue weighted by atomic mass is 16.5. The molecule has 1 fully saturated rings. The van der Waals surface area contributed by atoms with Gasteiger partial charge in [-0.2, -0.15) is 0 Å². The van der Waals surface area contributed by atoms with Crippen LogP contribution in [0, 0.1) is 0 Å². The number of carbonyl (C=O) groups is 1. The number of para-hydroxylation sites is 1. The van der Waals surface area contributed by atoms with Crippen molar-refractivity contribution >= 4 is 11.6 Å². The topological polar surface area (TPSA) is 44.8 Å². The monoisotopic (exact) mass is 289 g/mol. The molecule has 0 radical (unpaired) electrons. The van der Waals surface area contributed by atoms with Crippen molar-refractivity contribution < 1.29 is 9.53 Å². The number of morpholine rings is 1. The fourth-order valence-corrected chi connectivity index (χ4v) is 2.98. The standard InChI is InChI=1S/C16H23N3O2/c20-16(17-6-8-18-9-11-21-12-10-18)13-19-7-5-14-3-1-2-4-15(14)19/h1-4H,5-13H2,(H,17,20). The zero-order valence-electron chi connectivity index (χ0n) is 12.4. The summed E-state index contributed by atoms with van der Waals surface area (Å²) in [4.78, 5) is 16.5. The molecule has 5 nitrogen and oxygen atoms in total. The minimum atomic E-state index is 0.111. The molecule has 2 aliphatic rings. The summed E-state index contributed by atoms with van der Waals surface area (Å²) >= 11 is 0. The van der Waals surface area contributed by atoms with Crippen LogP contribution in [0.4, 0.5) is 5.69 Å². The Balaban J connectivity index is 1.40. The number of hydrogen-bond donors (Lipinski definition) is 1. The van der Waals surface area contributed by atoms with Crippen molar-refractivity contribution in [3.05, 3.63) is 29.8 Å². The molecule has 0 unspecified atom stereocenters. The molecule has 1 amide bonds. The summed E-state index contributed by atoms with van der Waals surface area (Å²) in [6.45, 7) is 6.57. The van der Waals surface area contributed by atoms with E-state index in [1.54, 1.807) is 0 Å². The Kier molecular flexibility index (Phi) is 4.72. The second kappa shape index (κ2) is 6.91. The van der Waals surface area contributed by atoms with E-state index in [1.165, 1.54) is 11.3 Å². The number of rotatable bonds is 5. The molecule has 1 aromatic rings. The van der Waals surface area contributed by atoms with E-state index in [9.17, 15) is 4.79 Å². The van der Waals surface area contributed by atoms with E-state index >= 15 is 0 Å². The summed E-state index contributed by atoms with van der Waals surface area (Å²) in [5, 5.41) is 3.02. The van der Waals surface area contributed by atoms with Crippen LogP contribution in [-0.2, 0) is 16.0 Å². The molecule has 21 heavy (non-hydrogen) atoms. The lowest BCUT2D eigenvalue weighted by Gasteiger charge is -2.26. The molecule has 0 spiro atoms. The first-order valence-electron chi connectivity index (χ1n) is 7.72. The maximum atomic E-state index is 12.1. The molecule has 0 saturated carbocycles. The van der Waals surface area contributed by atoms with E-state index in [1.807, 2.05) is 6.07 Å². The lowest BCUT2D eigenvalue weighted by Crippen LogP contribution is -2.43. The van der Waals surface area contributed by atoms with Gasteiger partial charge >= 0.3 is 0 Å². The summed E-state index contributed by atoms with van der Waals surface area (Å²) in [6, 6.07) is 8.34. The van der Waals surface area contributed by atoms with Gasteiger partial charge in [0.15, 0.2) is 0 Å². The maximum absolute atomic E-state index is 12.1. The van der Waals surface area contributed by atoms with Crippen molar-refractivity contribution in [3.8, 4) is 0 Å². The van der Waals surface area contributed by atoms with Crippen molar-refractivity contribution in [1.29, 1.82) is 0 Å². The molecular formula is C16H23N3O2. The number of fused-ring (bicyclic) bond motifs is 1. The molecule has 114 valence electrons. The molecule has 0 aliphatic carbocycles. The van der Waals surface area contributed by atoms with Crippen LogP contribution in [0.15, 0.2) is 24.3 Å². The van der Waals surface area contributed by atoms with Gasteiger partial charge in [-0.05, 0) is 18.1 Å². The average molecular weight is 289 g/mol. The highest BCUT2D eigenvalue weighted by molar-refractivity contribution is 5.82. The third-order valence-corrected chi connectivity index (χ3v) is 4.17. The van der Waals surface area contributed by atoms with Crippen LogP contribution < -0.4 is 10.2 Å². The van der Waals surface area contributed by atoms with Gasteiger partial charge in [0.1, 0.15) is 0 Å². The first-order valence-corrected chi connectivity index (χ1v) is 7.72. The zero-order chi connectivity index (χ0) is 14.5. The fourth-order valence-electron chi connectivity index (χ4n) is 2.98. The smallest absolute Gasteiger partial charge is 0.239 e. The van der Waals surface area contributed by atoms with Crippen LogP contribution in [0.2, 0.25) is 0 Å². The quantitative estimate of drug-likeness (QED) is 0.857. The maximum Gasteiger partial charge on any atom is 0.239 e. The van der Waals surface area contributed by atoms with E-state index < -0.39 is 0 Å². The molecule has 0 bridgehead atoms. The minimum absolute atomic E-state index is 0.111. The van der Waals surface area contributed by atoms with Crippen LogP contribution in [-0.4, -0.2) is 63.3 Å². The second-order valence-electron chi connectivity index (χ2n) is 5.60. The molecule has 3 rings (SSSR count). The largest absolute Gasteiger partial charge is 0.379 e. The zero-order valence-corrected chi connectivity index (χ0v) is 12.4. The fraction of sp³-hybridized carbons (Fsp3) is 0.562. The second-order valence-corrected chi connectivity index (χ2v) is 5.60. The first kappa shape index (κ1) is 14.4. The molecule has 0 aromatic heterocycles. The Labute approximate surface area is 125 Å². The van der Waals surface area contributed by atoms with E-state index in [0.29, 0.717) is 13.1 Å². The van der Waals surface area contributed by atoms with Crippen molar-refractivity contribution in [2.45, 2.75) is 6.42 Å². The molecular weight excluding hydrogens is 266 g/mol. The summed E-state index contributed by atoms with van der Waals surface area (Å²) in [6.07, 6.45) is 1.04. The minimum Gasteiger partial charge on any atom is -0.379 e. The summed E-state index contributed by atoms with van der Waals surface area (Å²) < 4.78 is 5.31. The molecule has 2 heterocycles. The third kappa shape index (κ3) is 3.74. The number of anilines is 1. The Morgan fingerprint density at radius 1 is 1.19 bits per heavy atom. The van der Waals surface area contributed by atoms with E-state index in [0.717, 1.165) is 45.8 Å². The lowest BCUT2D eigenvalue weighted by molar-refractivity contribution is -0.119. The molecule has 0 atom stereocenters. The Morgan fingerprint density at radius 3 is 2.86 bits per heavy atom. The highest BCUT2D eigenvalue weighted by Gasteiger charge is 2.20. The van der Waals surface area contributed by atoms with Crippen molar-refractivity contribution in [2.24, 2.45) is 0 Å². The molecule has 5 heteroatoms. The molecule has 1 saturated heterocycles. The summed E-state index contributed by atoms with van der Waals surface area (Å²) in [7, 11) is 0. The first-order chi connectivity index (χ1) is 10.3. The van der Waals surface area contributed by atoms with Gasteiger partial charge in [0.05, 0.1) is 19.8 Å². The third-order valence-electron chi connectivity index (χ3n) is 4.17. The van der Waals surface area contributed by atoms with Crippen molar-refractivity contribution in [1.82, 2.24) is 10.2 Å². The Bertz CT molecular complexity index is 486. The number of benzene rings is 1. The van der Waals surface area contributed by atoms with E-state index in [2.05, 4.69) is 33.3 Å². The summed E-state index contributed by atoms with van der Waals surface area (Å²) in [5.74, 6) is 0.111. The number of nitrogens with one attached hydrogen (secondary N) is 1. The number of carbonyl (C=O) groups excluding carboxylic acids is 1. The normalized spacial score (nSPS) is 18.6. The van der Waals surface area contributed by atoms with Gasteiger partial charge in [0.25, 0.3) is 0 Å². The predicted octanol–water partition coefficient (Wildman–Crippen LogP) is 0.498. The highest BCUT2D eigenvalue weighted by Crippen LogP contribution is 2.26. The van der Waals surface area contributed by atoms with Gasteiger partial charge < -0.3 is 15.0 Å². The Hall–Kier alpha value is -1.59. The van der Waals surface area contributed by atoms with Crippen LogP contribution in [0.1, 0.15) is 5.56 Å². The van der Waals surface area contributed by atoms with Gasteiger partial charge in [-0.15, -0.1) is 0 Å². The average Bonchev–Trinajstić information content (AvgIpc) is 2.92. The van der Waals surface area contributed by atoms with Gasteiger partial charge in [-0.3, -0.25) is 9.69 Å². The number of hydrogen-bond acceptors (Lipinski definition) is 4. The van der Waals surface area contributed by atoms with Crippen molar-refractivity contribution in [3.63, 3.8) is 0 Å². The van der Waals surface area contributed by atoms with Crippen LogP contribution >= 0.6 is 0 Å². The predicted molar refractivity (Wildman–Crippen MR) is 82.6 cm³/mol. The van der Waals surface area contributed by atoms with Gasteiger partial charge in [-0.25, -0.2) is 0 Å². The number of nitrogens with zero attached hydrogens (tertiary/aromatic N) is 2.